The third kappa shape index (κ3) is 1.78. The summed E-state index contributed by atoms with van der Waals surface area (Å²) in [6.07, 6.45) is 3.50. The fourth-order valence-corrected chi connectivity index (χ4v) is 2.40. The Kier molecular flexibility index (Phi) is 2.52. The molecule has 80 valence electrons. The van der Waals surface area contributed by atoms with Gasteiger partial charge in [-0.05, 0) is 25.8 Å². The highest BCUT2D eigenvalue weighted by atomic mass is 16.2. The predicted molar refractivity (Wildman–Crippen MR) is 56.0 cm³/mol. The van der Waals surface area contributed by atoms with Crippen LogP contribution >= 0.6 is 0 Å². The molecule has 0 saturated carbocycles. The van der Waals surface area contributed by atoms with Crippen molar-refractivity contribution in [1.82, 2.24) is 10.2 Å². The molecule has 1 N–H and O–H groups in total. The summed E-state index contributed by atoms with van der Waals surface area (Å²) in [6, 6.07) is 0.549. The molecule has 1 amide bonds. The second kappa shape index (κ2) is 3.54. The molecule has 0 radical (unpaired) electrons. The molecule has 2 rings (SSSR count). The van der Waals surface area contributed by atoms with Crippen LogP contribution in [0, 0.1) is 5.41 Å². The molecule has 14 heavy (non-hydrogen) atoms. The monoisotopic (exact) mass is 196 g/mol. The van der Waals surface area contributed by atoms with Gasteiger partial charge in [-0.3, -0.25) is 4.79 Å². The number of amides is 1. The van der Waals surface area contributed by atoms with Gasteiger partial charge in [-0.2, -0.15) is 0 Å². The molecule has 3 heteroatoms. The molecule has 2 aliphatic heterocycles. The van der Waals surface area contributed by atoms with E-state index < -0.39 is 0 Å². The largest absolute Gasteiger partial charge is 0.341 e. The zero-order valence-electron chi connectivity index (χ0n) is 9.18. The Morgan fingerprint density at radius 2 is 2.36 bits per heavy atom. The summed E-state index contributed by atoms with van der Waals surface area (Å²) in [7, 11) is 0. The first-order valence-electron chi connectivity index (χ1n) is 5.62. The topological polar surface area (TPSA) is 32.3 Å². The summed E-state index contributed by atoms with van der Waals surface area (Å²) < 4.78 is 0. The first-order chi connectivity index (χ1) is 6.59. The van der Waals surface area contributed by atoms with E-state index in [0.717, 1.165) is 26.1 Å². The number of likely N-dealkylation sites (tertiary alicyclic amines) is 1. The molecule has 3 nitrogen and oxygen atoms in total. The second-order valence-electron chi connectivity index (χ2n) is 5.18. The summed E-state index contributed by atoms with van der Waals surface area (Å²) in [4.78, 5) is 13.9. The summed E-state index contributed by atoms with van der Waals surface area (Å²) in [6.45, 7) is 7.09. The van der Waals surface area contributed by atoms with Crippen molar-refractivity contribution in [1.29, 1.82) is 0 Å². The van der Waals surface area contributed by atoms with E-state index in [0.29, 0.717) is 11.9 Å². The van der Waals surface area contributed by atoms with Crippen molar-refractivity contribution in [3.05, 3.63) is 0 Å². The lowest BCUT2D eigenvalue weighted by molar-refractivity contribution is -0.134. The average Bonchev–Trinajstić information content (AvgIpc) is 2.70. The van der Waals surface area contributed by atoms with Crippen LogP contribution in [0.5, 0.6) is 0 Å². The number of nitrogens with one attached hydrogen (secondary N) is 1. The van der Waals surface area contributed by atoms with Gasteiger partial charge in [0.05, 0.1) is 0 Å². The van der Waals surface area contributed by atoms with Crippen LogP contribution in [0.3, 0.4) is 0 Å². The molecule has 2 saturated heterocycles. The maximum Gasteiger partial charge on any atom is 0.228 e. The zero-order valence-corrected chi connectivity index (χ0v) is 9.18. The average molecular weight is 196 g/mol. The van der Waals surface area contributed by atoms with Crippen LogP contribution in [0.1, 0.15) is 33.1 Å². The number of rotatable bonds is 2. The van der Waals surface area contributed by atoms with Gasteiger partial charge in [-0.25, -0.2) is 0 Å². The van der Waals surface area contributed by atoms with E-state index in [4.69, 9.17) is 0 Å². The van der Waals surface area contributed by atoms with Gasteiger partial charge in [0.1, 0.15) is 0 Å². The van der Waals surface area contributed by atoms with Gasteiger partial charge in [0.15, 0.2) is 0 Å². The lowest BCUT2D eigenvalue weighted by Crippen LogP contribution is -2.40. The Labute approximate surface area is 85.8 Å². The third-order valence-corrected chi connectivity index (χ3v) is 3.48. The molecule has 0 bridgehead atoms. The van der Waals surface area contributed by atoms with E-state index in [1.165, 1.54) is 12.8 Å². The fourth-order valence-electron chi connectivity index (χ4n) is 2.40. The van der Waals surface area contributed by atoms with Crippen LogP contribution in [0.15, 0.2) is 0 Å². The standard InChI is InChI=1S/C11H20N2O/c1-11(2)5-7-13(10(11)14)8-9-4-3-6-12-9/h9,12H,3-8H2,1-2H3/t9-/m1/s1. The van der Waals surface area contributed by atoms with Crippen LogP contribution in [0.4, 0.5) is 0 Å². The fraction of sp³-hybridized carbons (Fsp3) is 0.909. The number of nitrogens with zero attached hydrogens (tertiary/aromatic N) is 1. The van der Waals surface area contributed by atoms with Crippen molar-refractivity contribution in [2.45, 2.75) is 39.2 Å². The molecular weight excluding hydrogens is 176 g/mol. The van der Waals surface area contributed by atoms with E-state index in [9.17, 15) is 4.79 Å². The summed E-state index contributed by atoms with van der Waals surface area (Å²) in [5, 5.41) is 3.44. The first kappa shape index (κ1) is 9.97. The van der Waals surface area contributed by atoms with Crippen molar-refractivity contribution in [3.8, 4) is 0 Å². The van der Waals surface area contributed by atoms with Crippen molar-refractivity contribution < 1.29 is 4.79 Å². The summed E-state index contributed by atoms with van der Waals surface area (Å²) >= 11 is 0. The minimum absolute atomic E-state index is 0.112. The minimum atomic E-state index is -0.112. The quantitative estimate of drug-likeness (QED) is 0.714. The number of hydrogen-bond donors (Lipinski definition) is 1. The second-order valence-corrected chi connectivity index (χ2v) is 5.18. The lowest BCUT2D eigenvalue weighted by atomic mass is 9.92. The molecule has 1 atom stereocenters. The van der Waals surface area contributed by atoms with E-state index >= 15 is 0 Å². The van der Waals surface area contributed by atoms with E-state index in [2.05, 4.69) is 19.2 Å². The van der Waals surface area contributed by atoms with Crippen molar-refractivity contribution >= 4 is 5.91 Å². The van der Waals surface area contributed by atoms with Crippen LogP contribution in [0.2, 0.25) is 0 Å². The Morgan fingerprint density at radius 1 is 1.57 bits per heavy atom. The Hall–Kier alpha value is -0.570. The Balaban J connectivity index is 1.90. The van der Waals surface area contributed by atoms with Gasteiger partial charge in [-0.1, -0.05) is 13.8 Å². The number of carbonyl (C=O) groups excluding carboxylic acids is 1. The van der Waals surface area contributed by atoms with Crippen molar-refractivity contribution in [2.75, 3.05) is 19.6 Å². The molecular formula is C11H20N2O. The molecule has 2 fully saturated rings. The van der Waals surface area contributed by atoms with E-state index in [1.54, 1.807) is 0 Å². The van der Waals surface area contributed by atoms with Crippen LogP contribution in [-0.4, -0.2) is 36.5 Å². The van der Waals surface area contributed by atoms with Gasteiger partial charge < -0.3 is 10.2 Å². The van der Waals surface area contributed by atoms with Crippen LogP contribution in [-0.2, 0) is 4.79 Å². The zero-order chi connectivity index (χ0) is 10.2. The smallest absolute Gasteiger partial charge is 0.228 e. The molecule has 0 aromatic heterocycles. The van der Waals surface area contributed by atoms with Gasteiger partial charge >= 0.3 is 0 Å². The molecule has 2 heterocycles. The molecule has 0 unspecified atom stereocenters. The van der Waals surface area contributed by atoms with Crippen molar-refractivity contribution in [2.24, 2.45) is 5.41 Å². The third-order valence-electron chi connectivity index (χ3n) is 3.48. The summed E-state index contributed by atoms with van der Waals surface area (Å²) in [5.41, 5.74) is -0.112. The van der Waals surface area contributed by atoms with Gasteiger partial charge in [-0.15, -0.1) is 0 Å². The van der Waals surface area contributed by atoms with Gasteiger partial charge in [0, 0.05) is 24.5 Å². The predicted octanol–water partition coefficient (Wildman–Crippen LogP) is 0.997. The highest BCUT2D eigenvalue weighted by Crippen LogP contribution is 2.30. The Bertz CT molecular complexity index is 231. The normalized spacial score (nSPS) is 31.4. The highest BCUT2D eigenvalue weighted by Gasteiger charge is 2.39. The maximum atomic E-state index is 11.9. The number of hydrogen-bond acceptors (Lipinski definition) is 2. The minimum Gasteiger partial charge on any atom is -0.341 e. The molecule has 0 spiro atoms. The summed E-state index contributed by atoms with van der Waals surface area (Å²) in [5.74, 6) is 0.339. The molecule has 0 aliphatic carbocycles. The molecule has 2 aliphatic rings. The van der Waals surface area contributed by atoms with Crippen molar-refractivity contribution in [3.63, 3.8) is 0 Å². The highest BCUT2D eigenvalue weighted by molar-refractivity contribution is 5.84. The van der Waals surface area contributed by atoms with Gasteiger partial charge in [0.2, 0.25) is 5.91 Å². The first-order valence-corrected chi connectivity index (χ1v) is 5.62. The Morgan fingerprint density at radius 3 is 2.86 bits per heavy atom. The maximum absolute atomic E-state index is 11.9. The van der Waals surface area contributed by atoms with Crippen LogP contribution in [0.25, 0.3) is 0 Å². The number of carbonyl (C=O) groups is 1. The van der Waals surface area contributed by atoms with Crippen LogP contribution < -0.4 is 5.32 Å². The van der Waals surface area contributed by atoms with Gasteiger partial charge in [0.25, 0.3) is 0 Å². The van der Waals surface area contributed by atoms with E-state index in [-0.39, 0.29) is 5.41 Å². The lowest BCUT2D eigenvalue weighted by Gasteiger charge is -2.22. The SMILES string of the molecule is CC1(C)CCN(C[C@H]2CCCN2)C1=O. The van der Waals surface area contributed by atoms with E-state index in [1.807, 2.05) is 4.90 Å². The molecule has 0 aromatic carbocycles. The molecule has 0 aromatic rings.